The molecule has 0 spiro atoms. The van der Waals surface area contributed by atoms with Crippen molar-refractivity contribution in [1.82, 2.24) is 0 Å². The van der Waals surface area contributed by atoms with E-state index >= 15 is 0 Å². The first-order chi connectivity index (χ1) is 27.6. The minimum atomic E-state index is -1.02. The summed E-state index contributed by atoms with van der Waals surface area (Å²) in [7, 11) is 0. The molecule has 18 heteroatoms. The van der Waals surface area contributed by atoms with Crippen LogP contribution < -0.4 is 0 Å². The second-order valence-electron chi connectivity index (χ2n) is 15.7. The summed E-state index contributed by atoms with van der Waals surface area (Å²) in [6.45, 7) is 8.20. The van der Waals surface area contributed by atoms with Gasteiger partial charge in [0, 0.05) is 19.8 Å². The molecular formula is C42H90O15S3. The van der Waals surface area contributed by atoms with E-state index in [1.54, 1.807) is 0 Å². The van der Waals surface area contributed by atoms with Crippen molar-refractivity contribution in [3.8, 4) is 0 Å². The lowest BCUT2D eigenvalue weighted by Gasteiger charge is -2.24. The average Bonchev–Trinajstić information content (AvgIpc) is 3.87. The monoisotopic (exact) mass is 931 g/mol. The first-order valence-electron chi connectivity index (χ1n) is 22.2. The van der Waals surface area contributed by atoms with Gasteiger partial charge in [-0.15, -0.1) is 0 Å². The lowest BCUT2D eigenvalue weighted by atomic mass is 10.1. The normalized spacial score (nSPS) is 27.3. The van der Waals surface area contributed by atoms with Crippen molar-refractivity contribution in [2.75, 3.05) is 59.5 Å². The average molecular weight is 931 g/mol. The Kier molecular flexibility index (Phi) is 45.4. The van der Waals surface area contributed by atoms with Gasteiger partial charge < -0.3 is 74.4 Å². The molecule has 3 aliphatic heterocycles. The molecule has 0 aliphatic carbocycles. The second-order valence-corrected chi connectivity index (χ2v) is 15.7. The Labute approximate surface area is 382 Å². The number of aliphatic hydroxyl groups is 9. The summed E-state index contributed by atoms with van der Waals surface area (Å²) in [6, 6.07) is 0. The van der Waals surface area contributed by atoms with Crippen LogP contribution in [0.2, 0.25) is 0 Å². The van der Waals surface area contributed by atoms with E-state index in [1.807, 2.05) is 0 Å². The van der Waals surface area contributed by atoms with Crippen molar-refractivity contribution in [2.45, 2.75) is 210 Å². The topological polar surface area (TPSA) is 237 Å². The lowest BCUT2D eigenvalue weighted by Crippen LogP contribution is -2.42. The van der Waals surface area contributed by atoms with Gasteiger partial charge in [-0.1, -0.05) is 117 Å². The predicted octanol–water partition coefficient (Wildman–Crippen LogP) is 2.87. The highest BCUT2D eigenvalue weighted by molar-refractivity contribution is 7.59. The van der Waals surface area contributed by atoms with Crippen molar-refractivity contribution in [3.05, 3.63) is 0 Å². The maximum absolute atomic E-state index is 9.79. The summed E-state index contributed by atoms with van der Waals surface area (Å²) in [4.78, 5) is 0. The van der Waals surface area contributed by atoms with Crippen molar-refractivity contribution < 1.29 is 74.4 Å². The second kappa shape index (κ2) is 42.1. The van der Waals surface area contributed by atoms with E-state index in [1.165, 1.54) is 77.0 Å². The molecule has 0 aromatic carbocycles. The van der Waals surface area contributed by atoms with E-state index in [0.29, 0.717) is 19.8 Å². The summed E-state index contributed by atoms with van der Waals surface area (Å²) in [6.07, 6.45) is 11.9. The fourth-order valence-electron chi connectivity index (χ4n) is 6.93. The molecule has 3 heterocycles. The molecule has 60 heavy (non-hydrogen) atoms. The zero-order valence-electron chi connectivity index (χ0n) is 37.0. The maximum Gasteiger partial charge on any atom is 0.114 e. The van der Waals surface area contributed by atoms with Crippen LogP contribution in [-0.2, 0) is 28.4 Å². The van der Waals surface area contributed by atoms with Crippen LogP contribution in [0.15, 0.2) is 0 Å². The summed E-state index contributed by atoms with van der Waals surface area (Å²) in [5, 5.41) is 85.2. The van der Waals surface area contributed by atoms with Gasteiger partial charge in [-0.2, -0.15) is 40.5 Å². The molecule has 12 atom stereocenters. The van der Waals surface area contributed by atoms with Gasteiger partial charge in [0.1, 0.15) is 73.2 Å². The van der Waals surface area contributed by atoms with Crippen molar-refractivity contribution >= 4 is 40.5 Å². The molecular weight excluding hydrogens is 841 g/mol. The number of hydrogen-bond acceptors (Lipinski definition) is 15. The highest BCUT2D eigenvalue weighted by atomic mass is 32.1. The molecule has 0 aromatic rings. The predicted molar refractivity (Wildman–Crippen MR) is 247 cm³/mol. The standard InChI is InChI=1S/3C14H28O5.3H2S/c1-2-3-4-5-6-7-8-18-9-12(16)14-13(17)11(15)10-19-14;1-2-3-4-5-6-7-8-18-12(9-15)14-13(17)11(16)10-19-14;1-2-3-4-5-6-7-8-18-14-12(17)10-19-13(14)11(16)9-15;;;/h3*11-17H,2-10H2,1H3;3*1H2/t2*11-,12+,13+,14+;11-,12+,13-,14-;;;/m001.../s1. The Hall–Kier alpha value is 0.450. The highest BCUT2D eigenvalue weighted by Crippen LogP contribution is 2.22. The van der Waals surface area contributed by atoms with E-state index < -0.39 is 73.2 Å². The van der Waals surface area contributed by atoms with Gasteiger partial charge >= 0.3 is 0 Å². The van der Waals surface area contributed by atoms with E-state index in [2.05, 4.69) is 20.8 Å². The first-order valence-corrected chi connectivity index (χ1v) is 22.2. The minimum absolute atomic E-state index is 0. The van der Waals surface area contributed by atoms with Crippen molar-refractivity contribution in [1.29, 1.82) is 0 Å². The van der Waals surface area contributed by atoms with E-state index in [4.69, 9.17) is 33.5 Å². The molecule has 9 N–H and O–H groups in total. The van der Waals surface area contributed by atoms with E-state index in [-0.39, 0.29) is 80.1 Å². The van der Waals surface area contributed by atoms with Gasteiger partial charge in [0.05, 0.1) is 39.6 Å². The number of hydrogen-bond donors (Lipinski definition) is 9. The third-order valence-corrected chi connectivity index (χ3v) is 10.6. The SMILES string of the molecule is CCCCCCCCOC[C@@H](O)[C@H]1OC[C@H](O)[C@H]1O.CCCCCCCCO[C@H](CO)[C@H]1OC[C@H](O)[C@H]1O.CCCCCCCCO[C@H]1[C@@H]([C@H](O)CO)OC[C@@H]1O.S.S.S. The Morgan fingerprint density at radius 2 is 0.900 bits per heavy atom. The Bertz CT molecular complexity index is 908. The largest absolute Gasteiger partial charge is 0.394 e. The molecule has 15 nitrogen and oxygen atoms in total. The van der Waals surface area contributed by atoms with Crippen LogP contribution in [0.4, 0.5) is 0 Å². The number of rotatable bonds is 30. The zero-order valence-corrected chi connectivity index (χ0v) is 40.0. The third kappa shape index (κ3) is 27.7. The van der Waals surface area contributed by atoms with Gasteiger partial charge in [-0.05, 0) is 19.3 Å². The first kappa shape index (κ1) is 64.7. The highest BCUT2D eigenvalue weighted by Gasteiger charge is 2.42. The lowest BCUT2D eigenvalue weighted by molar-refractivity contribution is -0.101. The van der Waals surface area contributed by atoms with Crippen molar-refractivity contribution in [3.63, 3.8) is 0 Å². The van der Waals surface area contributed by atoms with Crippen LogP contribution in [0.25, 0.3) is 0 Å². The van der Waals surface area contributed by atoms with Crippen LogP contribution in [0.1, 0.15) is 136 Å². The van der Waals surface area contributed by atoms with Gasteiger partial charge in [0.15, 0.2) is 0 Å². The van der Waals surface area contributed by atoms with Crippen LogP contribution in [-0.4, -0.2) is 179 Å². The molecule has 0 saturated carbocycles. The Morgan fingerprint density at radius 1 is 0.483 bits per heavy atom. The fourth-order valence-corrected chi connectivity index (χ4v) is 6.93. The number of ether oxygens (including phenoxy) is 6. The number of aliphatic hydroxyl groups excluding tert-OH is 9. The quantitative estimate of drug-likeness (QED) is 0.0471. The number of unbranched alkanes of at least 4 members (excludes halogenated alkanes) is 15. The minimum Gasteiger partial charge on any atom is -0.394 e. The molecule has 366 valence electrons. The van der Waals surface area contributed by atoms with Gasteiger partial charge in [0.2, 0.25) is 0 Å². The van der Waals surface area contributed by atoms with Crippen LogP contribution in [0, 0.1) is 0 Å². The molecule has 0 bridgehead atoms. The molecule has 0 unspecified atom stereocenters. The molecule has 3 fully saturated rings. The molecule has 3 rings (SSSR count). The Morgan fingerprint density at radius 3 is 1.35 bits per heavy atom. The van der Waals surface area contributed by atoms with Crippen molar-refractivity contribution in [2.24, 2.45) is 0 Å². The zero-order chi connectivity index (χ0) is 42.3. The summed E-state index contributed by atoms with van der Waals surface area (Å²) >= 11 is 0. The van der Waals surface area contributed by atoms with Crippen LogP contribution in [0.3, 0.4) is 0 Å². The molecule has 3 saturated heterocycles. The van der Waals surface area contributed by atoms with Gasteiger partial charge in [-0.25, -0.2) is 0 Å². The van der Waals surface area contributed by atoms with Gasteiger partial charge in [0.25, 0.3) is 0 Å². The fraction of sp³-hybridized carbons (Fsp3) is 1.00. The molecule has 0 aromatic heterocycles. The van der Waals surface area contributed by atoms with Gasteiger partial charge in [-0.3, -0.25) is 0 Å². The molecule has 3 aliphatic rings. The summed E-state index contributed by atoms with van der Waals surface area (Å²) in [5.41, 5.74) is 0. The smallest absolute Gasteiger partial charge is 0.114 e. The maximum atomic E-state index is 9.79. The van der Waals surface area contributed by atoms with E-state index in [0.717, 1.165) is 38.5 Å². The summed E-state index contributed by atoms with van der Waals surface area (Å²) < 4.78 is 32.2. The van der Waals surface area contributed by atoms with Crippen LogP contribution in [0.5, 0.6) is 0 Å². The Balaban J connectivity index is -0.000000792. The van der Waals surface area contributed by atoms with Crippen LogP contribution >= 0.6 is 40.5 Å². The summed E-state index contributed by atoms with van der Waals surface area (Å²) in [5.74, 6) is 0. The third-order valence-electron chi connectivity index (χ3n) is 10.6. The molecule has 0 amide bonds. The molecule has 0 radical (unpaired) electrons. The van der Waals surface area contributed by atoms with E-state index in [9.17, 15) is 40.9 Å².